The first kappa shape index (κ1) is 16.8. The van der Waals surface area contributed by atoms with Crippen LogP contribution >= 0.6 is 11.6 Å². The third kappa shape index (κ3) is 3.70. The van der Waals surface area contributed by atoms with Crippen molar-refractivity contribution < 1.29 is 13.9 Å². The summed E-state index contributed by atoms with van der Waals surface area (Å²) in [6.07, 6.45) is 3.39. The molecule has 0 radical (unpaired) electrons. The summed E-state index contributed by atoms with van der Waals surface area (Å²) in [5.74, 6) is 0.477. The minimum absolute atomic E-state index is 0.105. The molecule has 2 aromatic rings. The molecule has 5 nitrogen and oxygen atoms in total. The topological polar surface area (TPSA) is 47.4 Å². The SMILES string of the molecule is Cn1ncc(Cl)c1C(=O)N1CCC[C@H](COc2ccc(F)cc2)C1. The van der Waals surface area contributed by atoms with Gasteiger partial charge in [0.15, 0.2) is 0 Å². The summed E-state index contributed by atoms with van der Waals surface area (Å²) in [4.78, 5) is 14.5. The van der Waals surface area contributed by atoms with Crippen molar-refractivity contribution in [3.63, 3.8) is 0 Å². The second-order valence-electron chi connectivity index (χ2n) is 5.99. The third-order valence-electron chi connectivity index (χ3n) is 4.20. The Hall–Kier alpha value is -2.08. The molecule has 0 spiro atoms. The molecule has 0 saturated carbocycles. The van der Waals surface area contributed by atoms with Gasteiger partial charge in [-0.2, -0.15) is 5.10 Å². The smallest absolute Gasteiger partial charge is 0.273 e. The van der Waals surface area contributed by atoms with E-state index in [0.717, 1.165) is 12.8 Å². The number of hydrogen-bond donors (Lipinski definition) is 0. The summed E-state index contributed by atoms with van der Waals surface area (Å²) in [6.45, 7) is 1.81. The largest absolute Gasteiger partial charge is 0.493 e. The number of hydrogen-bond acceptors (Lipinski definition) is 3. The minimum atomic E-state index is -0.287. The molecular weight excluding hydrogens is 333 g/mol. The molecule has 24 heavy (non-hydrogen) atoms. The fourth-order valence-corrected chi connectivity index (χ4v) is 3.18. The quantitative estimate of drug-likeness (QED) is 0.850. The van der Waals surface area contributed by atoms with Crippen molar-refractivity contribution in [1.82, 2.24) is 14.7 Å². The predicted molar refractivity (Wildman–Crippen MR) is 88.7 cm³/mol. The second kappa shape index (κ2) is 7.21. The van der Waals surface area contributed by atoms with Gasteiger partial charge in [-0.05, 0) is 37.1 Å². The molecule has 128 valence electrons. The van der Waals surface area contributed by atoms with E-state index in [2.05, 4.69) is 5.10 Å². The van der Waals surface area contributed by atoms with Crippen molar-refractivity contribution in [1.29, 1.82) is 0 Å². The van der Waals surface area contributed by atoms with Crippen LogP contribution in [0.25, 0.3) is 0 Å². The number of aromatic nitrogens is 2. The first-order chi connectivity index (χ1) is 11.5. The normalized spacial score (nSPS) is 17.8. The summed E-state index contributed by atoms with van der Waals surface area (Å²) >= 11 is 6.06. The first-order valence-corrected chi connectivity index (χ1v) is 8.27. The number of nitrogens with zero attached hydrogens (tertiary/aromatic N) is 3. The number of piperidine rings is 1. The van der Waals surface area contributed by atoms with Gasteiger partial charge in [0.05, 0.1) is 17.8 Å². The fraction of sp³-hybridized carbons (Fsp3) is 0.412. The van der Waals surface area contributed by atoms with Gasteiger partial charge < -0.3 is 9.64 Å². The van der Waals surface area contributed by atoms with E-state index in [1.807, 2.05) is 0 Å². The maximum atomic E-state index is 12.9. The molecule has 1 saturated heterocycles. The van der Waals surface area contributed by atoms with E-state index in [0.29, 0.717) is 36.2 Å². The second-order valence-corrected chi connectivity index (χ2v) is 6.40. The Morgan fingerprint density at radius 1 is 1.42 bits per heavy atom. The predicted octanol–water partition coefficient (Wildman–Crippen LogP) is 3.14. The van der Waals surface area contributed by atoms with Gasteiger partial charge >= 0.3 is 0 Å². The average molecular weight is 352 g/mol. The molecule has 3 rings (SSSR count). The van der Waals surface area contributed by atoms with Gasteiger partial charge in [0, 0.05) is 26.1 Å². The van der Waals surface area contributed by atoms with Crippen molar-refractivity contribution in [2.45, 2.75) is 12.8 Å². The molecular formula is C17H19ClFN3O2. The van der Waals surface area contributed by atoms with Crippen LogP contribution in [0.4, 0.5) is 4.39 Å². The van der Waals surface area contributed by atoms with Crippen LogP contribution in [0.1, 0.15) is 23.3 Å². The Morgan fingerprint density at radius 3 is 2.83 bits per heavy atom. The minimum Gasteiger partial charge on any atom is -0.493 e. The van der Waals surface area contributed by atoms with Crippen LogP contribution in [0.5, 0.6) is 5.75 Å². The van der Waals surface area contributed by atoms with E-state index in [1.54, 1.807) is 24.1 Å². The van der Waals surface area contributed by atoms with Crippen LogP contribution in [-0.2, 0) is 7.05 Å². The Bertz CT molecular complexity index is 698. The molecule has 1 aliphatic heterocycles. The van der Waals surface area contributed by atoms with E-state index in [-0.39, 0.29) is 17.6 Å². The lowest BCUT2D eigenvalue weighted by atomic mass is 9.98. The highest BCUT2D eigenvalue weighted by Gasteiger charge is 2.28. The summed E-state index contributed by atoms with van der Waals surface area (Å²) in [5, 5.41) is 4.38. The molecule has 0 bridgehead atoms. The van der Waals surface area contributed by atoms with E-state index in [9.17, 15) is 9.18 Å². The molecule has 1 atom stereocenters. The molecule has 2 heterocycles. The van der Waals surface area contributed by atoms with Crippen molar-refractivity contribution in [3.05, 3.63) is 47.0 Å². The summed E-state index contributed by atoms with van der Waals surface area (Å²) < 4.78 is 20.1. The molecule has 0 N–H and O–H groups in total. The first-order valence-electron chi connectivity index (χ1n) is 7.89. The van der Waals surface area contributed by atoms with E-state index < -0.39 is 0 Å². The van der Waals surface area contributed by atoms with E-state index in [1.165, 1.54) is 23.0 Å². The Balaban J connectivity index is 1.60. The number of rotatable bonds is 4. The van der Waals surface area contributed by atoms with Gasteiger partial charge in [0.1, 0.15) is 17.3 Å². The maximum Gasteiger partial charge on any atom is 0.273 e. The molecule has 0 unspecified atom stereocenters. The van der Waals surface area contributed by atoms with Gasteiger partial charge in [0.25, 0.3) is 5.91 Å². The standard InChI is InChI=1S/C17H19ClFN3O2/c1-21-16(15(18)9-20-21)17(23)22-8-2-3-12(10-22)11-24-14-6-4-13(19)5-7-14/h4-7,9,12H,2-3,8,10-11H2,1H3/t12-/m0/s1. The molecule has 7 heteroatoms. The molecule has 1 amide bonds. The number of ether oxygens (including phenoxy) is 1. The fourth-order valence-electron chi connectivity index (χ4n) is 2.93. The zero-order valence-corrected chi connectivity index (χ0v) is 14.2. The zero-order valence-electron chi connectivity index (χ0n) is 13.4. The van der Waals surface area contributed by atoms with Crippen LogP contribution in [-0.4, -0.2) is 40.3 Å². The van der Waals surface area contributed by atoms with Crippen LogP contribution < -0.4 is 4.74 Å². The van der Waals surface area contributed by atoms with Crippen molar-refractivity contribution in [3.8, 4) is 5.75 Å². The van der Waals surface area contributed by atoms with Crippen LogP contribution in [0, 0.1) is 11.7 Å². The highest BCUT2D eigenvalue weighted by Crippen LogP contribution is 2.23. The molecule has 1 aliphatic rings. The lowest BCUT2D eigenvalue weighted by molar-refractivity contribution is 0.0622. The van der Waals surface area contributed by atoms with Crippen molar-refractivity contribution in [2.75, 3.05) is 19.7 Å². The summed E-state index contributed by atoms with van der Waals surface area (Å²) in [5.41, 5.74) is 0.414. The molecule has 1 aromatic heterocycles. The van der Waals surface area contributed by atoms with Gasteiger partial charge in [0.2, 0.25) is 0 Å². The number of benzene rings is 1. The number of halogens is 2. The molecule has 0 aliphatic carbocycles. The molecule has 1 fully saturated rings. The summed E-state index contributed by atoms with van der Waals surface area (Å²) in [7, 11) is 1.71. The molecule has 1 aromatic carbocycles. The number of aryl methyl sites for hydroxylation is 1. The van der Waals surface area contributed by atoms with Gasteiger partial charge in [-0.15, -0.1) is 0 Å². The van der Waals surface area contributed by atoms with Crippen LogP contribution in [0.15, 0.2) is 30.5 Å². The Kier molecular flexibility index (Phi) is 5.04. The van der Waals surface area contributed by atoms with Gasteiger partial charge in [-0.25, -0.2) is 4.39 Å². The van der Waals surface area contributed by atoms with E-state index >= 15 is 0 Å². The number of likely N-dealkylation sites (tertiary alicyclic amines) is 1. The maximum absolute atomic E-state index is 12.9. The lowest BCUT2D eigenvalue weighted by Crippen LogP contribution is -2.42. The number of carbonyl (C=O) groups excluding carboxylic acids is 1. The monoisotopic (exact) mass is 351 g/mol. The van der Waals surface area contributed by atoms with Gasteiger partial charge in [-0.1, -0.05) is 11.6 Å². The number of amides is 1. The highest BCUT2D eigenvalue weighted by atomic mass is 35.5. The van der Waals surface area contributed by atoms with E-state index in [4.69, 9.17) is 16.3 Å². The van der Waals surface area contributed by atoms with Crippen LogP contribution in [0.3, 0.4) is 0 Å². The summed E-state index contributed by atoms with van der Waals surface area (Å²) in [6, 6.07) is 5.96. The highest BCUT2D eigenvalue weighted by molar-refractivity contribution is 6.33. The zero-order chi connectivity index (χ0) is 17.1. The Morgan fingerprint density at radius 2 is 2.17 bits per heavy atom. The number of carbonyl (C=O) groups is 1. The van der Waals surface area contributed by atoms with Gasteiger partial charge in [-0.3, -0.25) is 9.48 Å². The lowest BCUT2D eigenvalue weighted by Gasteiger charge is -2.32. The van der Waals surface area contributed by atoms with Crippen LogP contribution in [0.2, 0.25) is 5.02 Å². The van der Waals surface area contributed by atoms with Crippen molar-refractivity contribution in [2.24, 2.45) is 13.0 Å². The average Bonchev–Trinajstić information content (AvgIpc) is 2.93. The van der Waals surface area contributed by atoms with Crippen molar-refractivity contribution >= 4 is 17.5 Å². The third-order valence-corrected chi connectivity index (χ3v) is 4.48. The Labute approximate surface area is 145 Å².